The van der Waals surface area contributed by atoms with Crippen molar-refractivity contribution in [3.63, 3.8) is 0 Å². The summed E-state index contributed by atoms with van der Waals surface area (Å²) in [5.74, 6) is -0.318. The van der Waals surface area contributed by atoms with Crippen LogP contribution in [0.1, 0.15) is 38.2 Å². The zero-order valence-corrected chi connectivity index (χ0v) is 13.7. The van der Waals surface area contributed by atoms with Crippen molar-refractivity contribution in [3.8, 4) is 5.75 Å². The standard InChI is InChI=1S/C18H25NO4/c1-12(10-13-6-3-4-9-16(13)23-2)11-17(20)19-15-8-5-7-14(15)18(21)22/h3-4,6,9,12,14-15H,5,7-8,10-11H2,1-2H3,(H,19,20)(H,21,22)/t12?,14-,15+/m0/s1. The van der Waals surface area contributed by atoms with Crippen LogP contribution in [-0.2, 0) is 16.0 Å². The topological polar surface area (TPSA) is 75.6 Å². The number of ether oxygens (including phenoxy) is 1. The van der Waals surface area contributed by atoms with Crippen LogP contribution in [0.25, 0.3) is 0 Å². The summed E-state index contributed by atoms with van der Waals surface area (Å²) in [5, 5.41) is 12.1. The molecule has 126 valence electrons. The molecule has 23 heavy (non-hydrogen) atoms. The molecule has 0 heterocycles. The normalized spacial score (nSPS) is 21.7. The molecule has 3 atom stereocenters. The number of para-hydroxylation sites is 1. The number of carboxylic acids is 1. The van der Waals surface area contributed by atoms with E-state index in [4.69, 9.17) is 9.84 Å². The van der Waals surface area contributed by atoms with Gasteiger partial charge < -0.3 is 15.2 Å². The number of amides is 1. The number of nitrogens with one attached hydrogen (secondary N) is 1. The third-order valence-corrected chi connectivity index (χ3v) is 4.47. The van der Waals surface area contributed by atoms with Gasteiger partial charge in [-0.2, -0.15) is 0 Å². The second-order valence-electron chi connectivity index (χ2n) is 6.37. The molecule has 1 amide bonds. The predicted octanol–water partition coefficient (Wildman–Crippen LogP) is 2.63. The van der Waals surface area contributed by atoms with Gasteiger partial charge in [0.05, 0.1) is 13.0 Å². The van der Waals surface area contributed by atoms with E-state index in [2.05, 4.69) is 5.32 Å². The summed E-state index contributed by atoms with van der Waals surface area (Å²) in [6.45, 7) is 2.02. The number of carbonyl (C=O) groups excluding carboxylic acids is 1. The van der Waals surface area contributed by atoms with Gasteiger partial charge in [0.2, 0.25) is 5.91 Å². The minimum absolute atomic E-state index is 0.0643. The number of hydrogen-bond donors (Lipinski definition) is 2. The lowest BCUT2D eigenvalue weighted by atomic mass is 9.96. The van der Waals surface area contributed by atoms with E-state index in [9.17, 15) is 9.59 Å². The third kappa shape index (κ3) is 4.71. The number of carbonyl (C=O) groups is 2. The second-order valence-corrected chi connectivity index (χ2v) is 6.37. The molecule has 0 bridgehead atoms. The van der Waals surface area contributed by atoms with Crippen molar-refractivity contribution in [3.05, 3.63) is 29.8 Å². The maximum Gasteiger partial charge on any atom is 0.308 e. The minimum atomic E-state index is -0.810. The van der Waals surface area contributed by atoms with Gasteiger partial charge >= 0.3 is 5.97 Å². The van der Waals surface area contributed by atoms with Crippen LogP contribution in [0, 0.1) is 11.8 Å². The highest BCUT2D eigenvalue weighted by atomic mass is 16.5. The van der Waals surface area contributed by atoms with E-state index in [-0.39, 0.29) is 17.9 Å². The lowest BCUT2D eigenvalue weighted by Crippen LogP contribution is -2.40. The van der Waals surface area contributed by atoms with Gasteiger partial charge in [0, 0.05) is 12.5 Å². The van der Waals surface area contributed by atoms with E-state index >= 15 is 0 Å². The molecule has 1 saturated carbocycles. The number of hydrogen-bond acceptors (Lipinski definition) is 3. The van der Waals surface area contributed by atoms with Gasteiger partial charge in [-0.3, -0.25) is 9.59 Å². The first-order valence-corrected chi connectivity index (χ1v) is 8.15. The average molecular weight is 319 g/mol. The Kier molecular flexibility index (Phi) is 6.02. The van der Waals surface area contributed by atoms with Gasteiger partial charge in [-0.25, -0.2) is 0 Å². The molecule has 0 saturated heterocycles. The molecule has 1 aromatic rings. The Hall–Kier alpha value is -2.04. The van der Waals surface area contributed by atoms with Gasteiger partial charge in [-0.1, -0.05) is 31.5 Å². The summed E-state index contributed by atoms with van der Waals surface area (Å²) in [5.41, 5.74) is 1.08. The van der Waals surface area contributed by atoms with Crippen molar-refractivity contribution in [2.75, 3.05) is 7.11 Å². The van der Waals surface area contributed by atoms with E-state index in [1.165, 1.54) is 0 Å². The molecule has 1 aromatic carbocycles. The smallest absolute Gasteiger partial charge is 0.308 e. The molecule has 0 aliphatic heterocycles. The lowest BCUT2D eigenvalue weighted by Gasteiger charge is -2.19. The Balaban J connectivity index is 1.86. The van der Waals surface area contributed by atoms with Crippen molar-refractivity contribution in [2.45, 2.75) is 45.1 Å². The van der Waals surface area contributed by atoms with Crippen molar-refractivity contribution in [1.29, 1.82) is 0 Å². The number of rotatable bonds is 7. The van der Waals surface area contributed by atoms with Crippen LogP contribution < -0.4 is 10.1 Å². The SMILES string of the molecule is COc1ccccc1CC(C)CC(=O)N[C@@H]1CCC[C@@H]1C(=O)O. The molecule has 0 radical (unpaired) electrons. The first-order chi connectivity index (χ1) is 11.0. The number of benzene rings is 1. The average Bonchev–Trinajstić information content (AvgIpc) is 2.95. The van der Waals surface area contributed by atoms with Crippen molar-refractivity contribution < 1.29 is 19.4 Å². The number of carboxylic acid groups (broad SMARTS) is 1. The maximum atomic E-state index is 12.2. The zero-order chi connectivity index (χ0) is 16.8. The molecular formula is C18H25NO4. The Bertz CT molecular complexity index is 558. The van der Waals surface area contributed by atoms with Crippen LogP contribution in [0.4, 0.5) is 0 Å². The zero-order valence-electron chi connectivity index (χ0n) is 13.7. The van der Waals surface area contributed by atoms with E-state index in [0.717, 1.165) is 30.6 Å². The van der Waals surface area contributed by atoms with E-state index in [0.29, 0.717) is 12.8 Å². The van der Waals surface area contributed by atoms with Crippen LogP contribution in [0.15, 0.2) is 24.3 Å². The summed E-state index contributed by atoms with van der Waals surface area (Å²) < 4.78 is 5.33. The quantitative estimate of drug-likeness (QED) is 0.810. The monoisotopic (exact) mass is 319 g/mol. The Morgan fingerprint density at radius 3 is 2.78 bits per heavy atom. The number of aliphatic carboxylic acids is 1. The molecular weight excluding hydrogens is 294 g/mol. The highest BCUT2D eigenvalue weighted by molar-refractivity contribution is 5.78. The second kappa shape index (κ2) is 7.99. The first-order valence-electron chi connectivity index (χ1n) is 8.15. The molecule has 5 nitrogen and oxygen atoms in total. The lowest BCUT2D eigenvalue weighted by molar-refractivity contribution is -0.142. The van der Waals surface area contributed by atoms with Crippen molar-refractivity contribution in [1.82, 2.24) is 5.32 Å². The molecule has 1 aliphatic rings. The summed E-state index contributed by atoms with van der Waals surface area (Å²) >= 11 is 0. The van der Waals surface area contributed by atoms with Crippen LogP contribution in [-0.4, -0.2) is 30.1 Å². The van der Waals surface area contributed by atoms with Crippen LogP contribution in [0.5, 0.6) is 5.75 Å². The summed E-state index contributed by atoms with van der Waals surface area (Å²) in [6.07, 6.45) is 3.41. The van der Waals surface area contributed by atoms with E-state index in [1.54, 1.807) is 7.11 Å². The van der Waals surface area contributed by atoms with Crippen LogP contribution in [0.3, 0.4) is 0 Å². The molecule has 2 rings (SSSR count). The van der Waals surface area contributed by atoms with Gasteiger partial charge in [0.25, 0.3) is 0 Å². The molecule has 1 fully saturated rings. The number of methoxy groups -OCH3 is 1. The molecule has 1 aliphatic carbocycles. The fourth-order valence-electron chi connectivity index (χ4n) is 3.33. The minimum Gasteiger partial charge on any atom is -0.496 e. The Morgan fingerprint density at radius 2 is 2.09 bits per heavy atom. The predicted molar refractivity (Wildman–Crippen MR) is 87.4 cm³/mol. The molecule has 0 aromatic heterocycles. The van der Waals surface area contributed by atoms with Gasteiger partial charge in [-0.05, 0) is 36.8 Å². The molecule has 0 spiro atoms. The molecule has 5 heteroatoms. The van der Waals surface area contributed by atoms with Crippen molar-refractivity contribution in [2.24, 2.45) is 11.8 Å². The van der Waals surface area contributed by atoms with Gasteiger partial charge in [0.1, 0.15) is 5.75 Å². The molecule has 1 unspecified atom stereocenters. The van der Waals surface area contributed by atoms with E-state index < -0.39 is 11.9 Å². The van der Waals surface area contributed by atoms with Crippen molar-refractivity contribution >= 4 is 11.9 Å². The highest BCUT2D eigenvalue weighted by Crippen LogP contribution is 2.26. The van der Waals surface area contributed by atoms with Gasteiger partial charge in [0.15, 0.2) is 0 Å². The van der Waals surface area contributed by atoms with Crippen LogP contribution >= 0.6 is 0 Å². The molecule has 2 N–H and O–H groups in total. The first kappa shape index (κ1) is 17.3. The van der Waals surface area contributed by atoms with Crippen LogP contribution in [0.2, 0.25) is 0 Å². The maximum absolute atomic E-state index is 12.2. The summed E-state index contributed by atoms with van der Waals surface area (Å²) in [7, 11) is 1.64. The largest absolute Gasteiger partial charge is 0.496 e. The third-order valence-electron chi connectivity index (χ3n) is 4.47. The summed E-state index contributed by atoms with van der Waals surface area (Å²) in [4.78, 5) is 23.3. The Morgan fingerprint density at radius 1 is 1.35 bits per heavy atom. The fraction of sp³-hybridized carbons (Fsp3) is 0.556. The highest BCUT2D eigenvalue weighted by Gasteiger charge is 2.33. The van der Waals surface area contributed by atoms with E-state index in [1.807, 2.05) is 31.2 Å². The van der Waals surface area contributed by atoms with Gasteiger partial charge in [-0.15, -0.1) is 0 Å². The fourth-order valence-corrected chi connectivity index (χ4v) is 3.33. The summed E-state index contributed by atoms with van der Waals surface area (Å²) in [6, 6.07) is 7.58. The Labute approximate surface area is 137 Å².